The molecular weight excluding hydrogens is 136 g/mol. The first-order valence-corrected chi connectivity index (χ1v) is 3.75. The molecule has 1 aromatic heterocycles. The fourth-order valence-corrected chi connectivity index (χ4v) is 0.837. The molecule has 2 heteroatoms. The van der Waals surface area contributed by atoms with E-state index in [9.17, 15) is 0 Å². The van der Waals surface area contributed by atoms with Gasteiger partial charge in [0.15, 0.2) is 0 Å². The highest BCUT2D eigenvalue weighted by atomic mass is 15.0. The Kier molecular flexibility index (Phi) is 3.05. The Morgan fingerprint density at radius 3 is 2.91 bits per heavy atom. The average molecular weight is 149 g/mol. The van der Waals surface area contributed by atoms with Gasteiger partial charge in [0.2, 0.25) is 0 Å². The van der Waals surface area contributed by atoms with Crippen molar-refractivity contribution in [3.05, 3.63) is 30.1 Å². The molecule has 0 fully saturated rings. The van der Waals surface area contributed by atoms with E-state index in [1.807, 2.05) is 12.1 Å². The van der Waals surface area contributed by atoms with Gasteiger partial charge in [0.25, 0.3) is 0 Å². The molecule has 0 aliphatic carbocycles. The van der Waals surface area contributed by atoms with Gasteiger partial charge in [-0.3, -0.25) is 4.98 Å². The van der Waals surface area contributed by atoms with E-state index in [-0.39, 0.29) is 0 Å². The molecule has 0 aromatic carbocycles. The molecule has 1 rings (SSSR count). The SMILES string of the molecule is CN(C)CCc1cc[c]cn1. The van der Waals surface area contributed by atoms with Crippen molar-refractivity contribution in [3.63, 3.8) is 0 Å². The van der Waals surface area contributed by atoms with Crippen molar-refractivity contribution in [3.8, 4) is 0 Å². The van der Waals surface area contributed by atoms with Crippen LogP contribution in [0.1, 0.15) is 5.69 Å². The van der Waals surface area contributed by atoms with Gasteiger partial charge in [0, 0.05) is 30.9 Å². The van der Waals surface area contributed by atoms with Crippen LogP contribution in [0.25, 0.3) is 0 Å². The molecule has 1 heterocycles. The summed E-state index contributed by atoms with van der Waals surface area (Å²) in [6.45, 7) is 1.05. The number of likely N-dealkylation sites (N-methyl/N-ethyl adjacent to an activating group) is 1. The third-order valence-electron chi connectivity index (χ3n) is 1.49. The lowest BCUT2D eigenvalue weighted by molar-refractivity contribution is 0.412. The number of hydrogen-bond donors (Lipinski definition) is 0. The van der Waals surface area contributed by atoms with Crippen LogP contribution in [0.3, 0.4) is 0 Å². The van der Waals surface area contributed by atoms with E-state index in [1.54, 1.807) is 6.20 Å². The maximum Gasteiger partial charge on any atom is 0.0416 e. The topological polar surface area (TPSA) is 16.1 Å². The minimum Gasteiger partial charge on any atom is -0.309 e. The third kappa shape index (κ3) is 3.14. The first-order chi connectivity index (χ1) is 5.29. The molecule has 0 aliphatic rings. The molecule has 0 aliphatic heterocycles. The van der Waals surface area contributed by atoms with Crippen LogP contribution in [0.15, 0.2) is 18.3 Å². The number of aromatic nitrogens is 1. The van der Waals surface area contributed by atoms with Gasteiger partial charge in [-0.2, -0.15) is 0 Å². The quantitative estimate of drug-likeness (QED) is 0.637. The van der Waals surface area contributed by atoms with Gasteiger partial charge in [-0.25, -0.2) is 0 Å². The summed E-state index contributed by atoms with van der Waals surface area (Å²) in [5.41, 5.74) is 1.14. The largest absolute Gasteiger partial charge is 0.309 e. The zero-order valence-electron chi connectivity index (χ0n) is 7.04. The van der Waals surface area contributed by atoms with Crippen LogP contribution in [0.5, 0.6) is 0 Å². The van der Waals surface area contributed by atoms with E-state index in [2.05, 4.69) is 30.0 Å². The molecule has 0 amide bonds. The summed E-state index contributed by atoms with van der Waals surface area (Å²) >= 11 is 0. The van der Waals surface area contributed by atoms with E-state index in [0.29, 0.717) is 0 Å². The van der Waals surface area contributed by atoms with Crippen LogP contribution < -0.4 is 0 Å². The monoisotopic (exact) mass is 149 g/mol. The number of nitrogens with zero attached hydrogens (tertiary/aromatic N) is 2. The predicted molar refractivity (Wildman–Crippen MR) is 45.3 cm³/mol. The normalized spacial score (nSPS) is 10.5. The van der Waals surface area contributed by atoms with Crippen molar-refractivity contribution in [2.24, 2.45) is 0 Å². The van der Waals surface area contributed by atoms with Gasteiger partial charge < -0.3 is 4.90 Å². The maximum atomic E-state index is 4.17. The van der Waals surface area contributed by atoms with Crippen molar-refractivity contribution < 1.29 is 0 Å². The smallest absolute Gasteiger partial charge is 0.0416 e. The van der Waals surface area contributed by atoms with E-state index >= 15 is 0 Å². The van der Waals surface area contributed by atoms with E-state index in [0.717, 1.165) is 18.7 Å². The Labute approximate surface area is 67.9 Å². The Bertz CT molecular complexity index is 194. The minimum absolute atomic E-state index is 1.02. The summed E-state index contributed by atoms with van der Waals surface area (Å²) in [5, 5.41) is 0. The molecule has 0 unspecified atom stereocenters. The maximum absolute atomic E-state index is 4.17. The van der Waals surface area contributed by atoms with Gasteiger partial charge in [0.1, 0.15) is 0 Å². The Balaban J connectivity index is 2.39. The van der Waals surface area contributed by atoms with Gasteiger partial charge >= 0.3 is 0 Å². The summed E-state index contributed by atoms with van der Waals surface area (Å²) in [4.78, 5) is 6.32. The minimum atomic E-state index is 1.02. The van der Waals surface area contributed by atoms with Crippen molar-refractivity contribution in [1.29, 1.82) is 0 Å². The molecule has 0 bridgehead atoms. The van der Waals surface area contributed by atoms with Crippen LogP contribution in [0.4, 0.5) is 0 Å². The summed E-state index contributed by atoms with van der Waals surface area (Å²) in [7, 11) is 4.13. The predicted octanol–water partition coefficient (Wildman–Crippen LogP) is 0.986. The average Bonchev–Trinajstić information content (AvgIpc) is 2.03. The highest BCUT2D eigenvalue weighted by Crippen LogP contribution is 1.94. The number of hydrogen-bond acceptors (Lipinski definition) is 2. The standard InChI is InChI=1S/C9H13N2/c1-11(2)8-6-9-5-3-4-7-10-9/h3,5,7H,6,8H2,1-2H3. The van der Waals surface area contributed by atoms with Gasteiger partial charge in [0.05, 0.1) is 0 Å². The van der Waals surface area contributed by atoms with Crippen LogP contribution in [0, 0.1) is 6.07 Å². The summed E-state index contributed by atoms with van der Waals surface area (Å²) in [6, 6.07) is 6.80. The van der Waals surface area contributed by atoms with E-state index in [4.69, 9.17) is 0 Å². The molecule has 0 N–H and O–H groups in total. The van der Waals surface area contributed by atoms with E-state index in [1.165, 1.54) is 0 Å². The van der Waals surface area contributed by atoms with Crippen molar-refractivity contribution in [2.45, 2.75) is 6.42 Å². The zero-order chi connectivity index (χ0) is 8.10. The second-order valence-electron chi connectivity index (χ2n) is 2.80. The lowest BCUT2D eigenvalue weighted by Crippen LogP contribution is -2.15. The van der Waals surface area contributed by atoms with Crippen LogP contribution in [0.2, 0.25) is 0 Å². The second kappa shape index (κ2) is 4.09. The summed E-state index contributed by atoms with van der Waals surface area (Å²) < 4.78 is 0. The summed E-state index contributed by atoms with van der Waals surface area (Å²) in [5.74, 6) is 0. The summed E-state index contributed by atoms with van der Waals surface area (Å²) in [6.07, 6.45) is 2.73. The first kappa shape index (κ1) is 8.21. The molecule has 1 radical (unpaired) electrons. The van der Waals surface area contributed by atoms with Crippen molar-refractivity contribution >= 4 is 0 Å². The molecule has 1 aromatic rings. The molecule has 0 spiro atoms. The lowest BCUT2D eigenvalue weighted by Gasteiger charge is -2.07. The van der Waals surface area contributed by atoms with Gasteiger partial charge in [-0.05, 0) is 20.2 Å². The van der Waals surface area contributed by atoms with Crippen molar-refractivity contribution in [1.82, 2.24) is 9.88 Å². The second-order valence-corrected chi connectivity index (χ2v) is 2.80. The van der Waals surface area contributed by atoms with E-state index < -0.39 is 0 Å². The molecule has 59 valence electrons. The molecular formula is C9H13N2. The van der Waals surface area contributed by atoms with Gasteiger partial charge in [-0.1, -0.05) is 6.07 Å². The third-order valence-corrected chi connectivity index (χ3v) is 1.49. The first-order valence-electron chi connectivity index (χ1n) is 3.75. The molecule has 11 heavy (non-hydrogen) atoms. The Hall–Kier alpha value is -0.890. The van der Waals surface area contributed by atoms with Crippen LogP contribution in [-0.2, 0) is 6.42 Å². The highest BCUT2D eigenvalue weighted by molar-refractivity contribution is 5.02. The molecule has 0 atom stereocenters. The highest BCUT2D eigenvalue weighted by Gasteiger charge is 1.93. The molecule has 2 nitrogen and oxygen atoms in total. The Morgan fingerprint density at radius 2 is 2.36 bits per heavy atom. The van der Waals surface area contributed by atoms with Gasteiger partial charge in [-0.15, -0.1) is 0 Å². The van der Waals surface area contributed by atoms with Crippen LogP contribution in [-0.4, -0.2) is 30.5 Å². The fraction of sp³-hybridized carbons (Fsp3) is 0.444. The fourth-order valence-electron chi connectivity index (χ4n) is 0.837. The Morgan fingerprint density at radius 1 is 1.55 bits per heavy atom. The van der Waals surface area contributed by atoms with Crippen LogP contribution >= 0.6 is 0 Å². The zero-order valence-corrected chi connectivity index (χ0v) is 7.04. The van der Waals surface area contributed by atoms with Crippen molar-refractivity contribution in [2.75, 3.05) is 20.6 Å². The lowest BCUT2D eigenvalue weighted by atomic mass is 10.3. The number of pyridine rings is 1. The molecule has 0 saturated heterocycles. The molecule has 0 saturated carbocycles. The number of rotatable bonds is 3.